The predicted molar refractivity (Wildman–Crippen MR) is 63.2 cm³/mol. The first kappa shape index (κ1) is 13.7. The first-order valence-electron chi connectivity index (χ1n) is 5.26. The predicted octanol–water partition coefficient (Wildman–Crippen LogP) is 1.99. The van der Waals surface area contributed by atoms with Gasteiger partial charge in [0.15, 0.2) is 11.3 Å². The van der Waals surface area contributed by atoms with Gasteiger partial charge in [0, 0.05) is 0 Å². The monoisotopic (exact) mass is 245 g/mol. The van der Waals surface area contributed by atoms with Gasteiger partial charge in [0.1, 0.15) is 5.92 Å². The minimum atomic E-state index is -2.00. The largest absolute Gasteiger partial charge is 0.198 e. The second-order valence-corrected chi connectivity index (χ2v) is 3.76. The summed E-state index contributed by atoms with van der Waals surface area (Å²) in [6.45, 7) is 0. The first-order valence-corrected chi connectivity index (χ1v) is 5.26. The summed E-state index contributed by atoms with van der Waals surface area (Å²) in [4.78, 5) is 0. The van der Waals surface area contributed by atoms with Crippen molar-refractivity contribution in [1.29, 1.82) is 26.3 Å². The van der Waals surface area contributed by atoms with E-state index in [0.717, 1.165) is 0 Å². The molecule has 0 spiro atoms. The van der Waals surface area contributed by atoms with Gasteiger partial charge in [0.2, 0.25) is 0 Å². The zero-order chi connectivity index (χ0) is 14.3. The van der Waals surface area contributed by atoms with Gasteiger partial charge in [-0.15, -0.1) is 0 Å². The van der Waals surface area contributed by atoms with Crippen LogP contribution in [0.5, 0.6) is 0 Å². The average Bonchev–Trinajstić information content (AvgIpc) is 2.48. The molecule has 0 aliphatic heterocycles. The van der Waals surface area contributed by atoms with E-state index >= 15 is 0 Å². The third-order valence-corrected chi connectivity index (χ3v) is 2.80. The molecule has 0 saturated heterocycles. The second kappa shape index (κ2) is 5.84. The molecule has 0 fully saturated rings. The van der Waals surface area contributed by atoms with Crippen molar-refractivity contribution in [2.75, 3.05) is 0 Å². The van der Waals surface area contributed by atoms with Crippen LogP contribution >= 0.6 is 0 Å². The van der Waals surface area contributed by atoms with Gasteiger partial charge < -0.3 is 0 Å². The van der Waals surface area contributed by atoms with E-state index in [4.69, 9.17) is 10.5 Å². The van der Waals surface area contributed by atoms with E-state index in [-0.39, 0.29) is 0 Å². The normalized spacial score (nSPS) is 11.2. The highest BCUT2D eigenvalue weighted by molar-refractivity contribution is 5.40. The molecule has 0 saturated carbocycles. The van der Waals surface area contributed by atoms with E-state index in [2.05, 4.69) is 0 Å². The second-order valence-electron chi connectivity index (χ2n) is 3.76. The lowest BCUT2D eigenvalue weighted by Gasteiger charge is -2.24. The van der Waals surface area contributed by atoms with E-state index in [9.17, 15) is 15.8 Å². The Morgan fingerprint density at radius 2 is 1.32 bits per heavy atom. The van der Waals surface area contributed by atoms with Crippen LogP contribution in [0.1, 0.15) is 11.5 Å². The highest BCUT2D eigenvalue weighted by atomic mass is 14.5. The van der Waals surface area contributed by atoms with Crippen LogP contribution < -0.4 is 0 Å². The Hall–Kier alpha value is -3.33. The van der Waals surface area contributed by atoms with Gasteiger partial charge in [-0.3, -0.25) is 0 Å². The van der Waals surface area contributed by atoms with Crippen molar-refractivity contribution in [3.63, 3.8) is 0 Å². The molecule has 0 heterocycles. The molecule has 0 amide bonds. The minimum Gasteiger partial charge on any atom is -0.198 e. The molecule has 1 aromatic rings. The van der Waals surface area contributed by atoms with Crippen LogP contribution in [0.3, 0.4) is 0 Å². The van der Waals surface area contributed by atoms with Gasteiger partial charge in [-0.2, -0.15) is 26.3 Å². The number of hydrogen-bond acceptors (Lipinski definition) is 5. The molecule has 88 valence electrons. The molecule has 0 radical (unpaired) electrons. The highest BCUT2D eigenvalue weighted by Gasteiger charge is 2.49. The number of rotatable bonds is 3. The van der Waals surface area contributed by atoms with Gasteiger partial charge in [-0.05, 0) is 5.56 Å². The van der Waals surface area contributed by atoms with E-state index in [0.29, 0.717) is 5.56 Å². The molecule has 0 bridgehead atoms. The average molecular weight is 245 g/mol. The Morgan fingerprint density at radius 1 is 0.789 bits per heavy atom. The van der Waals surface area contributed by atoms with Crippen molar-refractivity contribution >= 4 is 0 Å². The zero-order valence-electron chi connectivity index (χ0n) is 9.78. The Kier molecular flexibility index (Phi) is 4.22. The fourth-order valence-electron chi connectivity index (χ4n) is 1.77. The number of nitrogens with zero attached hydrogens (tertiary/aromatic N) is 5. The highest BCUT2D eigenvalue weighted by Crippen LogP contribution is 2.40. The van der Waals surface area contributed by atoms with Crippen LogP contribution in [0.2, 0.25) is 0 Å². The lowest BCUT2D eigenvalue weighted by Crippen LogP contribution is -2.32. The van der Waals surface area contributed by atoms with Crippen molar-refractivity contribution in [1.82, 2.24) is 0 Å². The van der Waals surface area contributed by atoms with Crippen LogP contribution in [0, 0.1) is 68.0 Å². The Morgan fingerprint density at radius 3 is 1.68 bits per heavy atom. The summed E-state index contributed by atoms with van der Waals surface area (Å²) in [6.07, 6.45) is 0. The number of hydrogen-bond donors (Lipinski definition) is 0. The summed E-state index contributed by atoms with van der Waals surface area (Å²) in [5, 5.41) is 45.6. The van der Waals surface area contributed by atoms with Gasteiger partial charge in [0.05, 0.1) is 30.3 Å². The summed E-state index contributed by atoms with van der Waals surface area (Å²) in [7, 11) is 0. The van der Waals surface area contributed by atoms with E-state index in [1.807, 2.05) is 6.07 Å². The summed E-state index contributed by atoms with van der Waals surface area (Å²) in [5.41, 5.74) is -1.57. The van der Waals surface area contributed by atoms with Crippen molar-refractivity contribution < 1.29 is 0 Å². The molecular weight excluding hydrogens is 238 g/mol. The molecule has 19 heavy (non-hydrogen) atoms. The quantitative estimate of drug-likeness (QED) is 0.806. The Balaban J connectivity index is 3.49. The number of benzene rings is 1. The lowest BCUT2D eigenvalue weighted by atomic mass is 9.67. The molecule has 1 unspecified atom stereocenters. The maximum atomic E-state index is 9.25. The molecule has 1 atom stereocenters. The van der Waals surface area contributed by atoms with Crippen LogP contribution in [0.25, 0.3) is 0 Å². The molecule has 1 rings (SSSR count). The van der Waals surface area contributed by atoms with E-state index in [1.165, 1.54) is 0 Å². The van der Waals surface area contributed by atoms with Crippen molar-refractivity contribution in [2.45, 2.75) is 5.92 Å². The Bertz CT molecular complexity index is 629. The van der Waals surface area contributed by atoms with Gasteiger partial charge in [-0.1, -0.05) is 30.3 Å². The van der Waals surface area contributed by atoms with Crippen LogP contribution in [-0.4, -0.2) is 0 Å². The zero-order valence-corrected chi connectivity index (χ0v) is 9.78. The summed E-state index contributed by atoms with van der Waals surface area (Å²) in [5.74, 6) is -2.65. The Labute approximate surface area is 110 Å². The first-order chi connectivity index (χ1) is 9.19. The van der Waals surface area contributed by atoms with Crippen LogP contribution in [0.15, 0.2) is 30.3 Å². The topological polar surface area (TPSA) is 119 Å². The maximum Gasteiger partial charge on any atom is 0.192 e. The van der Waals surface area contributed by atoms with Crippen LogP contribution in [0.4, 0.5) is 0 Å². The molecule has 0 aliphatic rings. The standard InChI is InChI=1S/C14H7N5/c15-6-12(7-16)14(9-18,10-19)13(8-17)11-4-2-1-3-5-11/h1-5,12-13H. The lowest BCUT2D eigenvalue weighted by molar-refractivity contribution is 0.417. The van der Waals surface area contributed by atoms with Gasteiger partial charge in [-0.25, -0.2) is 0 Å². The fourth-order valence-corrected chi connectivity index (χ4v) is 1.77. The summed E-state index contributed by atoms with van der Waals surface area (Å²) >= 11 is 0. The third-order valence-electron chi connectivity index (χ3n) is 2.80. The molecule has 0 aliphatic carbocycles. The van der Waals surface area contributed by atoms with Crippen molar-refractivity contribution in [2.24, 2.45) is 11.3 Å². The molecule has 0 aromatic heterocycles. The smallest absolute Gasteiger partial charge is 0.192 e. The molecular formula is C14H7N5. The molecule has 5 nitrogen and oxygen atoms in total. The molecule has 5 heteroatoms. The van der Waals surface area contributed by atoms with Gasteiger partial charge >= 0.3 is 0 Å². The fraction of sp³-hybridized carbons (Fsp3) is 0.214. The third kappa shape index (κ3) is 2.21. The van der Waals surface area contributed by atoms with E-state index in [1.54, 1.807) is 54.6 Å². The van der Waals surface area contributed by atoms with Crippen molar-refractivity contribution in [3.05, 3.63) is 35.9 Å². The van der Waals surface area contributed by atoms with Crippen molar-refractivity contribution in [3.8, 4) is 30.3 Å². The number of nitriles is 5. The minimum absolute atomic E-state index is 0.434. The SMILES string of the molecule is N#CC(C#N)C(C#N)(C#N)C(C#N)c1ccccc1. The van der Waals surface area contributed by atoms with Crippen LogP contribution in [-0.2, 0) is 0 Å². The summed E-state index contributed by atoms with van der Waals surface area (Å²) < 4.78 is 0. The van der Waals surface area contributed by atoms with Gasteiger partial charge in [0.25, 0.3) is 0 Å². The maximum absolute atomic E-state index is 9.25. The van der Waals surface area contributed by atoms with E-state index < -0.39 is 17.3 Å². The molecule has 0 N–H and O–H groups in total. The molecule has 1 aromatic carbocycles. The summed E-state index contributed by atoms with van der Waals surface area (Å²) in [6, 6.07) is 16.7.